The summed E-state index contributed by atoms with van der Waals surface area (Å²) in [6, 6.07) is 14.6. The molecule has 4 nitrogen and oxygen atoms in total. The predicted molar refractivity (Wildman–Crippen MR) is 134 cm³/mol. The number of hydrogen-bond acceptors (Lipinski definition) is 2. The number of carbonyl (C=O) groups is 2. The average Bonchev–Trinajstić information content (AvgIpc) is 3.33. The first-order valence-corrected chi connectivity index (χ1v) is 11.8. The lowest BCUT2D eigenvalue weighted by Gasteiger charge is -2.11. The standard InChI is InChI=1S/C23H14Cl3F2IN2O2/c24-16-6-5-14(10-15(16)21(32)31-18-7-4-12(27)9-17(18)28)30-22(33)20-19(23(20,25)26)11-2-1-3-13(29)8-11/h1-10,19-20H,(H,30,33)(H,31,32). The van der Waals surface area contributed by atoms with Gasteiger partial charge < -0.3 is 10.6 Å². The van der Waals surface area contributed by atoms with Crippen molar-refractivity contribution in [2.24, 2.45) is 5.92 Å². The summed E-state index contributed by atoms with van der Waals surface area (Å²) in [6.07, 6.45) is 0. The smallest absolute Gasteiger partial charge is 0.257 e. The molecule has 2 unspecified atom stereocenters. The Morgan fingerprint density at radius 1 is 0.970 bits per heavy atom. The first kappa shape index (κ1) is 24.2. The fourth-order valence-electron chi connectivity index (χ4n) is 3.55. The number of alkyl halides is 2. The number of carbonyl (C=O) groups excluding carboxylic acids is 2. The van der Waals surface area contributed by atoms with E-state index in [2.05, 4.69) is 33.2 Å². The highest BCUT2D eigenvalue weighted by Gasteiger charge is 2.67. The van der Waals surface area contributed by atoms with Crippen LogP contribution in [-0.4, -0.2) is 16.1 Å². The summed E-state index contributed by atoms with van der Waals surface area (Å²) in [6.45, 7) is 0. The van der Waals surface area contributed by atoms with Gasteiger partial charge in [0.25, 0.3) is 5.91 Å². The number of halogens is 6. The molecule has 0 aromatic heterocycles. The van der Waals surface area contributed by atoms with Crippen molar-refractivity contribution in [2.75, 3.05) is 10.6 Å². The Kier molecular flexibility index (Phi) is 6.87. The molecular weight excluding hydrogens is 608 g/mol. The van der Waals surface area contributed by atoms with Crippen molar-refractivity contribution in [2.45, 2.75) is 10.3 Å². The van der Waals surface area contributed by atoms with Crippen molar-refractivity contribution in [3.63, 3.8) is 0 Å². The van der Waals surface area contributed by atoms with Crippen LogP contribution in [0.1, 0.15) is 21.8 Å². The minimum atomic E-state index is -1.26. The van der Waals surface area contributed by atoms with Gasteiger partial charge >= 0.3 is 0 Å². The molecule has 1 aliphatic carbocycles. The zero-order valence-corrected chi connectivity index (χ0v) is 20.9. The molecule has 1 saturated carbocycles. The Morgan fingerprint density at radius 3 is 2.42 bits per heavy atom. The maximum atomic E-state index is 13.9. The zero-order valence-electron chi connectivity index (χ0n) is 16.5. The van der Waals surface area contributed by atoms with Gasteiger partial charge in [-0.05, 0) is 70.6 Å². The van der Waals surface area contributed by atoms with E-state index in [0.717, 1.165) is 21.3 Å². The van der Waals surface area contributed by atoms with Crippen LogP contribution in [0, 0.1) is 21.1 Å². The highest BCUT2D eigenvalue weighted by atomic mass is 127. The third-order valence-electron chi connectivity index (χ3n) is 5.20. The van der Waals surface area contributed by atoms with Gasteiger partial charge in [0.15, 0.2) is 0 Å². The van der Waals surface area contributed by atoms with Gasteiger partial charge in [0.2, 0.25) is 5.91 Å². The van der Waals surface area contributed by atoms with E-state index in [4.69, 9.17) is 34.8 Å². The molecule has 1 fully saturated rings. The van der Waals surface area contributed by atoms with E-state index >= 15 is 0 Å². The van der Waals surface area contributed by atoms with Crippen LogP contribution in [-0.2, 0) is 4.79 Å². The van der Waals surface area contributed by atoms with Gasteiger partial charge in [-0.2, -0.15) is 0 Å². The van der Waals surface area contributed by atoms with E-state index < -0.39 is 33.7 Å². The van der Waals surface area contributed by atoms with E-state index in [0.29, 0.717) is 6.07 Å². The van der Waals surface area contributed by atoms with E-state index in [9.17, 15) is 18.4 Å². The number of nitrogens with one attached hydrogen (secondary N) is 2. The first-order chi connectivity index (χ1) is 15.6. The Hall–Kier alpha value is -1.94. The number of anilines is 2. The summed E-state index contributed by atoms with van der Waals surface area (Å²) in [5.74, 6) is -3.92. The minimum absolute atomic E-state index is 0.00818. The second-order valence-corrected chi connectivity index (χ2v) is 10.5. The summed E-state index contributed by atoms with van der Waals surface area (Å²) >= 11 is 21.1. The quantitative estimate of drug-likeness (QED) is 0.238. The molecule has 1 aliphatic rings. The van der Waals surface area contributed by atoms with Crippen LogP contribution in [0.25, 0.3) is 0 Å². The maximum absolute atomic E-state index is 13.9. The van der Waals surface area contributed by atoms with Crippen molar-refractivity contribution in [1.82, 2.24) is 0 Å². The second kappa shape index (κ2) is 9.37. The SMILES string of the molecule is O=C(Nc1ccc(F)cc1F)c1cc(NC(=O)C2C(c3cccc(I)c3)C2(Cl)Cl)ccc1Cl. The van der Waals surface area contributed by atoms with Crippen molar-refractivity contribution >= 4 is 80.6 Å². The van der Waals surface area contributed by atoms with Gasteiger partial charge in [0, 0.05) is 21.2 Å². The predicted octanol–water partition coefficient (Wildman–Crippen LogP) is 7.00. The molecule has 0 saturated heterocycles. The van der Waals surface area contributed by atoms with Crippen molar-refractivity contribution in [1.29, 1.82) is 0 Å². The number of rotatable bonds is 5. The van der Waals surface area contributed by atoms with E-state index in [1.165, 1.54) is 18.2 Å². The fraction of sp³-hybridized carbons (Fsp3) is 0.130. The van der Waals surface area contributed by atoms with Crippen molar-refractivity contribution in [3.05, 3.63) is 92.0 Å². The molecule has 2 N–H and O–H groups in total. The summed E-state index contributed by atoms with van der Waals surface area (Å²) in [7, 11) is 0. The molecule has 0 bridgehead atoms. The molecule has 33 heavy (non-hydrogen) atoms. The van der Waals surface area contributed by atoms with Crippen LogP contribution >= 0.6 is 57.4 Å². The lowest BCUT2D eigenvalue weighted by Crippen LogP contribution is -2.18. The molecular formula is C23H14Cl3F2IN2O2. The van der Waals surface area contributed by atoms with E-state index in [1.807, 2.05) is 24.3 Å². The van der Waals surface area contributed by atoms with Crippen molar-refractivity contribution < 1.29 is 18.4 Å². The van der Waals surface area contributed by atoms with Crippen LogP contribution in [0.5, 0.6) is 0 Å². The molecule has 2 atom stereocenters. The van der Waals surface area contributed by atoms with Gasteiger partial charge in [-0.1, -0.05) is 23.7 Å². The number of hydrogen-bond donors (Lipinski definition) is 2. The molecule has 170 valence electrons. The topological polar surface area (TPSA) is 58.2 Å². The van der Waals surface area contributed by atoms with Gasteiger partial charge in [0.05, 0.1) is 22.2 Å². The highest BCUT2D eigenvalue weighted by molar-refractivity contribution is 14.1. The molecule has 0 heterocycles. The van der Waals surface area contributed by atoms with Crippen LogP contribution in [0.4, 0.5) is 20.2 Å². The van der Waals surface area contributed by atoms with Crippen LogP contribution in [0.3, 0.4) is 0 Å². The lowest BCUT2D eigenvalue weighted by atomic mass is 10.1. The van der Waals surface area contributed by atoms with Crippen LogP contribution in [0.2, 0.25) is 5.02 Å². The molecule has 4 rings (SSSR count). The summed E-state index contributed by atoms with van der Waals surface area (Å²) < 4.78 is 26.7. The fourth-order valence-corrected chi connectivity index (χ4v) is 5.14. The van der Waals surface area contributed by atoms with E-state index in [-0.39, 0.29) is 27.9 Å². The van der Waals surface area contributed by atoms with Gasteiger partial charge in [-0.15, -0.1) is 23.2 Å². The zero-order chi connectivity index (χ0) is 23.9. The molecule has 0 aliphatic heterocycles. The molecule has 0 radical (unpaired) electrons. The third-order valence-corrected chi connectivity index (χ3v) is 7.14. The van der Waals surface area contributed by atoms with E-state index in [1.54, 1.807) is 0 Å². The van der Waals surface area contributed by atoms with Crippen molar-refractivity contribution in [3.8, 4) is 0 Å². The minimum Gasteiger partial charge on any atom is -0.326 e. The lowest BCUT2D eigenvalue weighted by molar-refractivity contribution is -0.117. The summed E-state index contributed by atoms with van der Waals surface area (Å²) in [5, 5.41) is 5.13. The average molecular weight is 622 g/mol. The molecule has 3 aromatic rings. The van der Waals surface area contributed by atoms with Gasteiger partial charge in [0.1, 0.15) is 16.0 Å². The second-order valence-electron chi connectivity index (χ2n) is 7.45. The van der Waals surface area contributed by atoms with Crippen LogP contribution < -0.4 is 10.6 Å². The number of amides is 2. The molecule has 3 aromatic carbocycles. The summed E-state index contributed by atoms with van der Waals surface area (Å²) in [5.41, 5.74) is 0.918. The summed E-state index contributed by atoms with van der Waals surface area (Å²) in [4.78, 5) is 25.5. The maximum Gasteiger partial charge on any atom is 0.257 e. The Balaban J connectivity index is 1.51. The largest absolute Gasteiger partial charge is 0.326 e. The third kappa shape index (κ3) is 5.11. The Labute approximate surface area is 216 Å². The highest BCUT2D eigenvalue weighted by Crippen LogP contribution is 2.65. The van der Waals surface area contributed by atoms with Gasteiger partial charge in [-0.3, -0.25) is 9.59 Å². The van der Waals surface area contributed by atoms with Gasteiger partial charge in [-0.25, -0.2) is 8.78 Å². The molecule has 0 spiro atoms. The number of benzene rings is 3. The molecule has 2 amide bonds. The first-order valence-electron chi connectivity index (χ1n) is 9.58. The Morgan fingerprint density at radius 2 is 1.73 bits per heavy atom. The Bertz CT molecular complexity index is 1270. The van der Waals surface area contributed by atoms with Crippen LogP contribution in [0.15, 0.2) is 60.7 Å². The monoisotopic (exact) mass is 620 g/mol. The normalized spacial score (nSPS) is 18.5. The molecule has 10 heteroatoms.